The van der Waals surface area contributed by atoms with Crippen molar-refractivity contribution < 1.29 is 19.0 Å². The van der Waals surface area contributed by atoms with Crippen LogP contribution >= 0.6 is 0 Å². The third-order valence-corrected chi connectivity index (χ3v) is 3.49. The number of hydrogen-bond acceptors (Lipinski definition) is 5. The Morgan fingerprint density at radius 3 is 2.62 bits per heavy atom. The summed E-state index contributed by atoms with van der Waals surface area (Å²) < 4.78 is 15.6. The molecule has 1 aromatic rings. The largest absolute Gasteiger partial charge is 0.493 e. The van der Waals surface area contributed by atoms with Crippen LogP contribution in [0.25, 0.3) is 5.57 Å². The molecule has 0 heterocycles. The van der Waals surface area contributed by atoms with E-state index in [1.807, 2.05) is 12.1 Å². The average molecular weight is 287 g/mol. The van der Waals surface area contributed by atoms with Crippen LogP contribution in [0, 0.1) is 11.3 Å². The van der Waals surface area contributed by atoms with E-state index in [2.05, 4.69) is 0 Å². The summed E-state index contributed by atoms with van der Waals surface area (Å²) in [6.07, 6.45) is 1.32. The summed E-state index contributed by atoms with van der Waals surface area (Å²) in [4.78, 5) is 11.9. The second kappa shape index (κ2) is 6.31. The molecule has 0 fully saturated rings. The van der Waals surface area contributed by atoms with E-state index < -0.39 is 5.97 Å². The molecule has 1 aromatic carbocycles. The number of nitriles is 1. The summed E-state index contributed by atoms with van der Waals surface area (Å²) in [6, 6.07) is 5.61. The maximum absolute atomic E-state index is 11.9. The highest BCUT2D eigenvalue weighted by atomic mass is 16.5. The lowest BCUT2D eigenvalue weighted by Gasteiger charge is -2.12. The molecule has 21 heavy (non-hydrogen) atoms. The molecule has 0 saturated heterocycles. The Hall–Kier alpha value is -2.48. The number of nitrogens with zero attached hydrogens (tertiary/aromatic N) is 1. The summed E-state index contributed by atoms with van der Waals surface area (Å²) in [5.74, 6) is 0.732. The lowest BCUT2D eigenvalue weighted by Crippen LogP contribution is -2.08. The molecule has 0 aliphatic heterocycles. The van der Waals surface area contributed by atoms with Gasteiger partial charge < -0.3 is 14.2 Å². The predicted molar refractivity (Wildman–Crippen MR) is 77.0 cm³/mol. The molecule has 0 spiro atoms. The summed E-state index contributed by atoms with van der Waals surface area (Å²) in [6.45, 7) is 1.96. The van der Waals surface area contributed by atoms with Crippen molar-refractivity contribution in [3.63, 3.8) is 0 Å². The third kappa shape index (κ3) is 2.57. The predicted octanol–water partition coefficient (Wildman–Crippen LogP) is 2.49. The van der Waals surface area contributed by atoms with Crippen molar-refractivity contribution in [3.8, 4) is 17.6 Å². The van der Waals surface area contributed by atoms with Crippen LogP contribution < -0.4 is 9.47 Å². The molecule has 0 amide bonds. The Bertz CT molecular complexity index is 640. The molecule has 0 bridgehead atoms. The molecular formula is C16H17NO4. The van der Waals surface area contributed by atoms with Crippen molar-refractivity contribution in [2.24, 2.45) is 0 Å². The number of benzene rings is 1. The van der Waals surface area contributed by atoms with Gasteiger partial charge in [-0.1, -0.05) is 6.07 Å². The second-order valence-corrected chi connectivity index (χ2v) is 4.51. The van der Waals surface area contributed by atoms with E-state index in [4.69, 9.17) is 14.2 Å². The van der Waals surface area contributed by atoms with Crippen LogP contribution in [0.4, 0.5) is 0 Å². The van der Waals surface area contributed by atoms with E-state index in [0.29, 0.717) is 29.9 Å². The molecule has 1 aliphatic rings. The average Bonchev–Trinajstić information content (AvgIpc) is 2.91. The topological polar surface area (TPSA) is 68.6 Å². The first-order valence-electron chi connectivity index (χ1n) is 6.72. The number of fused-ring (bicyclic) bond motifs is 1. The van der Waals surface area contributed by atoms with Gasteiger partial charge in [0.2, 0.25) is 0 Å². The zero-order valence-electron chi connectivity index (χ0n) is 12.4. The first-order valence-corrected chi connectivity index (χ1v) is 6.72. The van der Waals surface area contributed by atoms with Gasteiger partial charge in [-0.05, 0) is 37.0 Å². The number of rotatable bonds is 4. The highest BCUT2D eigenvalue weighted by Gasteiger charge is 2.28. The van der Waals surface area contributed by atoms with Gasteiger partial charge in [-0.25, -0.2) is 4.79 Å². The molecule has 0 atom stereocenters. The molecule has 0 N–H and O–H groups in total. The number of methoxy groups -OCH3 is 2. The second-order valence-electron chi connectivity index (χ2n) is 4.51. The fraction of sp³-hybridized carbons (Fsp3) is 0.375. The Morgan fingerprint density at radius 1 is 1.29 bits per heavy atom. The number of carbonyl (C=O) groups excluding carboxylic acids is 1. The fourth-order valence-corrected chi connectivity index (χ4v) is 2.61. The number of allylic oxidation sites excluding steroid dienone is 1. The van der Waals surface area contributed by atoms with Crippen molar-refractivity contribution in [2.75, 3.05) is 20.8 Å². The molecule has 0 radical (unpaired) electrons. The highest BCUT2D eigenvalue weighted by molar-refractivity contribution is 6.03. The van der Waals surface area contributed by atoms with Crippen molar-refractivity contribution in [1.82, 2.24) is 0 Å². The fourth-order valence-electron chi connectivity index (χ4n) is 2.61. The van der Waals surface area contributed by atoms with E-state index >= 15 is 0 Å². The minimum absolute atomic E-state index is 0.0721. The number of hydrogen-bond donors (Lipinski definition) is 0. The molecule has 0 saturated carbocycles. The first-order chi connectivity index (χ1) is 10.2. The third-order valence-electron chi connectivity index (χ3n) is 3.49. The summed E-state index contributed by atoms with van der Waals surface area (Å²) in [5.41, 5.74) is 2.61. The van der Waals surface area contributed by atoms with E-state index in [1.165, 1.54) is 0 Å². The highest BCUT2D eigenvalue weighted by Crippen LogP contribution is 2.43. The van der Waals surface area contributed by atoms with E-state index in [9.17, 15) is 10.1 Å². The molecule has 2 rings (SSSR count). The molecule has 1 aliphatic carbocycles. The maximum Gasteiger partial charge on any atom is 0.349 e. The van der Waals surface area contributed by atoms with Gasteiger partial charge in [0.25, 0.3) is 0 Å². The van der Waals surface area contributed by atoms with Gasteiger partial charge in [0, 0.05) is 5.56 Å². The molecule has 0 unspecified atom stereocenters. The quantitative estimate of drug-likeness (QED) is 0.483. The SMILES string of the molecule is CCOC(=O)C(C#N)=C1CCc2c1ccc(OC)c2OC. The van der Waals surface area contributed by atoms with Gasteiger partial charge >= 0.3 is 5.97 Å². The van der Waals surface area contributed by atoms with Gasteiger partial charge in [0.1, 0.15) is 11.6 Å². The lowest BCUT2D eigenvalue weighted by atomic mass is 10.0. The van der Waals surface area contributed by atoms with Crippen LogP contribution in [0.1, 0.15) is 24.5 Å². The lowest BCUT2D eigenvalue weighted by molar-refractivity contribution is -0.137. The Labute approximate surface area is 123 Å². The number of carbonyl (C=O) groups is 1. The number of esters is 1. The molecule has 5 heteroatoms. The van der Waals surface area contributed by atoms with Crippen LogP contribution in [0.3, 0.4) is 0 Å². The Kier molecular flexibility index (Phi) is 4.49. The first kappa shape index (κ1) is 14.9. The monoisotopic (exact) mass is 287 g/mol. The van der Waals surface area contributed by atoms with E-state index in [0.717, 1.165) is 11.1 Å². The van der Waals surface area contributed by atoms with Gasteiger partial charge in [-0.2, -0.15) is 5.26 Å². The Balaban J connectivity index is 2.56. The maximum atomic E-state index is 11.9. The minimum atomic E-state index is -0.572. The minimum Gasteiger partial charge on any atom is -0.493 e. The zero-order chi connectivity index (χ0) is 15.4. The van der Waals surface area contributed by atoms with E-state index in [1.54, 1.807) is 27.2 Å². The van der Waals surface area contributed by atoms with Crippen molar-refractivity contribution in [3.05, 3.63) is 28.8 Å². The smallest absolute Gasteiger partial charge is 0.349 e. The van der Waals surface area contributed by atoms with Crippen molar-refractivity contribution in [1.29, 1.82) is 5.26 Å². The van der Waals surface area contributed by atoms with Gasteiger partial charge in [0.05, 0.1) is 20.8 Å². The molecule has 110 valence electrons. The summed E-state index contributed by atoms with van der Waals surface area (Å²) in [5, 5.41) is 9.27. The normalized spacial score (nSPS) is 15.0. The van der Waals surface area contributed by atoms with Crippen LogP contribution in [0.5, 0.6) is 11.5 Å². The summed E-state index contributed by atoms with van der Waals surface area (Å²) in [7, 11) is 3.16. The van der Waals surface area contributed by atoms with Gasteiger partial charge in [-0.15, -0.1) is 0 Å². The zero-order valence-corrected chi connectivity index (χ0v) is 12.4. The number of ether oxygens (including phenoxy) is 3. The van der Waals surface area contributed by atoms with Crippen LogP contribution in [0.2, 0.25) is 0 Å². The van der Waals surface area contributed by atoms with Crippen LogP contribution in [0.15, 0.2) is 17.7 Å². The molecule has 5 nitrogen and oxygen atoms in total. The van der Waals surface area contributed by atoms with Gasteiger partial charge in [0.15, 0.2) is 11.5 Å². The van der Waals surface area contributed by atoms with Crippen molar-refractivity contribution >= 4 is 11.5 Å². The molecule has 0 aromatic heterocycles. The Morgan fingerprint density at radius 2 is 2.05 bits per heavy atom. The van der Waals surface area contributed by atoms with Gasteiger partial charge in [-0.3, -0.25) is 0 Å². The molecular weight excluding hydrogens is 270 g/mol. The van der Waals surface area contributed by atoms with Crippen LogP contribution in [-0.4, -0.2) is 26.8 Å². The van der Waals surface area contributed by atoms with Crippen LogP contribution in [-0.2, 0) is 16.0 Å². The van der Waals surface area contributed by atoms with Crippen molar-refractivity contribution in [2.45, 2.75) is 19.8 Å². The standard InChI is InChI=1S/C16H17NO4/c1-4-21-16(18)13(9-17)11-5-6-12-10(11)7-8-14(19-2)15(12)20-3/h7-8H,4-6H2,1-3H3. The summed E-state index contributed by atoms with van der Waals surface area (Å²) >= 11 is 0. The van der Waals surface area contributed by atoms with E-state index in [-0.39, 0.29) is 12.2 Å².